The fourth-order valence-electron chi connectivity index (χ4n) is 7.80. The fourth-order valence-corrected chi connectivity index (χ4v) is 7.80. The van der Waals surface area contributed by atoms with Crippen LogP contribution in [0, 0.1) is 0 Å². The van der Waals surface area contributed by atoms with Crippen LogP contribution in [-0.4, -0.2) is 92.2 Å². The summed E-state index contributed by atoms with van der Waals surface area (Å²) in [5.41, 5.74) is 7.87. The van der Waals surface area contributed by atoms with Crippen LogP contribution in [0.5, 0.6) is 0 Å². The third kappa shape index (κ3) is 14.9. The molecule has 0 saturated heterocycles. The van der Waals surface area contributed by atoms with Gasteiger partial charge in [0.2, 0.25) is 0 Å². The number of carbonyl (C=O) groups is 3. The molecule has 6 aromatic rings. The van der Waals surface area contributed by atoms with Gasteiger partial charge in [-0.2, -0.15) is 0 Å². The molecule has 6 aromatic carbocycles. The van der Waals surface area contributed by atoms with E-state index in [1.54, 1.807) is 0 Å². The van der Waals surface area contributed by atoms with Crippen LogP contribution in [0.25, 0.3) is 0 Å². The van der Waals surface area contributed by atoms with Crippen molar-refractivity contribution < 1.29 is 78.8 Å². The third-order valence-corrected chi connectivity index (χ3v) is 11.2. The molecular weight excluding hydrogens is 954 g/mol. The number of nitrogens with zero attached hydrogens (tertiary/aromatic N) is 3. The monoisotopic (exact) mass is 1010 g/mol. The smallest absolute Gasteiger partial charge is 0.193 e. The summed E-state index contributed by atoms with van der Waals surface area (Å²) in [4.78, 5) is 39.1. The van der Waals surface area contributed by atoms with E-state index >= 15 is 0 Å². The predicted octanol–water partition coefficient (Wildman–Crippen LogP) is 0.282. The largest absolute Gasteiger partial charge is 1.00 e. The van der Waals surface area contributed by atoms with E-state index in [0.29, 0.717) is 33.4 Å². The zero-order chi connectivity index (χ0) is 41.2. The van der Waals surface area contributed by atoms with Gasteiger partial charge in [0.1, 0.15) is 32.7 Å². The van der Waals surface area contributed by atoms with Crippen LogP contribution >= 0.6 is 0 Å². The standard InChI is InChI=1S/C52H58N3O3.3BrH/c1-53(2,38-41-22-28-47(29-23-41)50(56)44-16-9-6-10-17-44)34-15-35-55(5,40-43-26-32-49(33-27-43)52(58)46-20-13-8-14-21-46)37-36-54(3,4)39-42-24-30-48(31-25-42)51(57)45-18-11-7-12-19-45;;;/h6-14,16-33H,15,34-40H2,1-5H3;3*1H/q+3;;;/p-3. The van der Waals surface area contributed by atoms with Gasteiger partial charge in [0.05, 0.1) is 48.3 Å². The summed E-state index contributed by atoms with van der Waals surface area (Å²) in [5.74, 6) is 0.130. The van der Waals surface area contributed by atoms with Gasteiger partial charge in [0, 0.05) is 56.5 Å². The van der Waals surface area contributed by atoms with E-state index in [1.165, 1.54) is 16.7 Å². The fraction of sp³-hybridized carbons (Fsp3) is 0.250. The number of halogens is 3. The highest BCUT2D eigenvalue weighted by Crippen LogP contribution is 2.21. The van der Waals surface area contributed by atoms with Crippen molar-refractivity contribution in [1.82, 2.24) is 0 Å². The summed E-state index contributed by atoms with van der Waals surface area (Å²) in [6.45, 7) is 6.56. The third-order valence-electron chi connectivity index (χ3n) is 11.2. The van der Waals surface area contributed by atoms with Crippen LogP contribution in [0.1, 0.15) is 70.9 Å². The maximum Gasteiger partial charge on any atom is 0.193 e. The predicted molar refractivity (Wildman–Crippen MR) is 235 cm³/mol. The molecule has 6 rings (SSSR count). The Hall–Kier alpha value is -4.35. The van der Waals surface area contributed by atoms with E-state index in [0.717, 1.165) is 65.7 Å². The first-order valence-electron chi connectivity index (χ1n) is 20.3. The molecular formula is C52H58Br3N3O3. The van der Waals surface area contributed by atoms with Gasteiger partial charge in [-0.25, -0.2) is 0 Å². The number of ketones is 3. The Morgan fingerprint density at radius 1 is 0.328 bits per heavy atom. The van der Waals surface area contributed by atoms with Crippen molar-refractivity contribution in [3.8, 4) is 0 Å². The molecule has 0 N–H and O–H groups in total. The molecule has 1 atom stereocenters. The van der Waals surface area contributed by atoms with Crippen molar-refractivity contribution in [2.75, 3.05) is 61.4 Å². The molecule has 320 valence electrons. The van der Waals surface area contributed by atoms with E-state index in [9.17, 15) is 14.4 Å². The van der Waals surface area contributed by atoms with Crippen LogP contribution < -0.4 is 50.9 Å². The second-order valence-corrected chi connectivity index (χ2v) is 17.4. The van der Waals surface area contributed by atoms with Gasteiger partial charge in [0.15, 0.2) is 17.3 Å². The number of rotatable bonds is 19. The summed E-state index contributed by atoms with van der Waals surface area (Å²) in [6, 6.07) is 52.7. The van der Waals surface area contributed by atoms with Gasteiger partial charge < -0.3 is 64.4 Å². The lowest BCUT2D eigenvalue weighted by molar-refractivity contribution is -0.970. The Kier molecular flexibility index (Phi) is 19.4. The molecule has 0 fully saturated rings. The van der Waals surface area contributed by atoms with Gasteiger partial charge in [-0.05, 0) is 0 Å². The molecule has 9 heteroatoms. The van der Waals surface area contributed by atoms with E-state index < -0.39 is 0 Å². The normalized spacial score (nSPS) is 12.1. The van der Waals surface area contributed by atoms with E-state index in [4.69, 9.17) is 0 Å². The molecule has 61 heavy (non-hydrogen) atoms. The Balaban J connectivity index is 0.00000331. The quantitative estimate of drug-likeness (QED) is 0.0868. The van der Waals surface area contributed by atoms with E-state index in [1.807, 2.05) is 127 Å². The molecule has 0 aliphatic carbocycles. The van der Waals surface area contributed by atoms with Gasteiger partial charge in [0.25, 0.3) is 0 Å². The number of carbonyl (C=O) groups excluding carboxylic acids is 3. The van der Waals surface area contributed by atoms with Crippen molar-refractivity contribution in [3.05, 3.63) is 214 Å². The molecule has 0 saturated carbocycles. The first-order valence-corrected chi connectivity index (χ1v) is 20.3. The van der Waals surface area contributed by atoms with Crippen molar-refractivity contribution in [2.45, 2.75) is 26.1 Å². The van der Waals surface area contributed by atoms with E-state index in [-0.39, 0.29) is 68.3 Å². The van der Waals surface area contributed by atoms with Crippen LogP contribution in [-0.2, 0) is 19.6 Å². The topological polar surface area (TPSA) is 51.2 Å². The van der Waals surface area contributed by atoms with Crippen molar-refractivity contribution >= 4 is 17.3 Å². The average molecular weight is 1010 g/mol. The maximum absolute atomic E-state index is 13.2. The summed E-state index contributed by atoms with van der Waals surface area (Å²) in [7, 11) is 11.5. The molecule has 0 spiro atoms. The second-order valence-electron chi connectivity index (χ2n) is 17.4. The number of quaternary nitrogens is 3. The van der Waals surface area contributed by atoms with Gasteiger partial charge in [-0.3, -0.25) is 14.4 Å². The molecule has 0 radical (unpaired) electrons. The number of hydrogen-bond donors (Lipinski definition) is 0. The lowest BCUT2D eigenvalue weighted by Gasteiger charge is -2.39. The second kappa shape index (κ2) is 23.2. The van der Waals surface area contributed by atoms with Crippen LogP contribution in [0.4, 0.5) is 0 Å². The first-order chi connectivity index (χ1) is 27.8. The summed E-state index contributed by atoms with van der Waals surface area (Å²) >= 11 is 0. The molecule has 1 unspecified atom stereocenters. The molecule has 0 aliphatic rings. The van der Waals surface area contributed by atoms with Gasteiger partial charge in [-0.1, -0.05) is 164 Å². The van der Waals surface area contributed by atoms with Crippen LogP contribution in [0.15, 0.2) is 164 Å². The Labute approximate surface area is 394 Å². The zero-order valence-corrected chi connectivity index (χ0v) is 40.7. The summed E-state index contributed by atoms with van der Waals surface area (Å²) in [6.07, 6.45) is 1.04. The lowest BCUT2D eigenvalue weighted by atomic mass is 10.0. The Bertz CT molecular complexity index is 2280. The van der Waals surface area contributed by atoms with Crippen LogP contribution in [0.3, 0.4) is 0 Å². The van der Waals surface area contributed by atoms with E-state index in [2.05, 4.69) is 71.6 Å². The number of benzene rings is 6. The van der Waals surface area contributed by atoms with Crippen molar-refractivity contribution in [3.63, 3.8) is 0 Å². The minimum Gasteiger partial charge on any atom is -1.00 e. The lowest BCUT2D eigenvalue weighted by Crippen LogP contribution is -3.00. The highest BCUT2D eigenvalue weighted by molar-refractivity contribution is 6.10. The molecule has 6 nitrogen and oxygen atoms in total. The summed E-state index contributed by atoms with van der Waals surface area (Å²) in [5, 5.41) is 0. The van der Waals surface area contributed by atoms with Crippen molar-refractivity contribution in [2.24, 2.45) is 0 Å². The average Bonchev–Trinajstić information content (AvgIpc) is 3.24. The molecule has 0 heterocycles. The highest BCUT2D eigenvalue weighted by atomic mass is 79.9. The zero-order valence-electron chi connectivity index (χ0n) is 35.9. The van der Waals surface area contributed by atoms with Crippen molar-refractivity contribution in [1.29, 1.82) is 0 Å². The minimum absolute atomic E-state index is 0. The summed E-state index contributed by atoms with van der Waals surface area (Å²) < 4.78 is 2.52. The SMILES string of the molecule is C[N+](C)(CCC[N+](C)(CC[N+](C)(C)Cc1ccc(C(=O)c2ccccc2)cc1)Cc1ccc(C(=O)c2ccccc2)cc1)Cc1ccc(C(=O)c2ccccc2)cc1.[Br-].[Br-].[Br-]. The highest BCUT2D eigenvalue weighted by Gasteiger charge is 2.29. The minimum atomic E-state index is 0. The van der Waals surface area contributed by atoms with Gasteiger partial charge in [-0.15, -0.1) is 0 Å². The maximum atomic E-state index is 13.2. The molecule has 0 aliphatic heterocycles. The molecule has 0 bridgehead atoms. The Morgan fingerprint density at radius 2 is 0.607 bits per heavy atom. The van der Waals surface area contributed by atoms with Crippen LogP contribution in [0.2, 0.25) is 0 Å². The molecule has 0 aromatic heterocycles. The Morgan fingerprint density at radius 3 is 0.934 bits per heavy atom. The first kappa shape index (κ1) is 51.0. The number of hydrogen-bond acceptors (Lipinski definition) is 3. The molecule has 0 amide bonds. The van der Waals surface area contributed by atoms with Gasteiger partial charge >= 0.3 is 0 Å². The number of likely N-dealkylation sites (N-methyl/N-ethyl adjacent to an activating group) is 2.